The first-order valence-corrected chi connectivity index (χ1v) is 13.5. The molecule has 35 heavy (non-hydrogen) atoms. The number of para-hydroxylation sites is 1. The van der Waals surface area contributed by atoms with Crippen molar-refractivity contribution in [3.8, 4) is 5.75 Å². The van der Waals surface area contributed by atoms with Gasteiger partial charge >= 0.3 is 0 Å². The minimum absolute atomic E-state index is 0.0477. The van der Waals surface area contributed by atoms with E-state index in [0.717, 1.165) is 32.1 Å². The van der Waals surface area contributed by atoms with E-state index in [9.17, 15) is 13.2 Å². The zero-order valence-electron chi connectivity index (χ0n) is 20.0. The Morgan fingerprint density at radius 3 is 2.29 bits per heavy atom. The summed E-state index contributed by atoms with van der Waals surface area (Å²) in [6, 6.07) is 23.5. The second-order valence-electron chi connectivity index (χ2n) is 8.87. The van der Waals surface area contributed by atoms with Gasteiger partial charge in [0, 0.05) is 25.2 Å². The predicted molar refractivity (Wildman–Crippen MR) is 138 cm³/mol. The van der Waals surface area contributed by atoms with Crippen LogP contribution in [0.2, 0.25) is 0 Å². The van der Waals surface area contributed by atoms with Crippen LogP contribution in [-0.2, 0) is 16.4 Å². The van der Waals surface area contributed by atoms with Crippen LogP contribution in [-0.4, -0.2) is 38.3 Å². The largest absolute Gasteiger partial charge is 0.492 e. The molecule has 0 unspecified atom stereocenters. The monoisotopic (exact) mass is 492 g/mol. The van der Waals surface area contributed by atoms with Gasteiger partial charge in [-0.2, -0.15) is 4.31 Å². The quantitative estimate of drug-likeness (QED) is 0.427. The maximum absolute atomic E-state index is 13.1. The Hall–Kier alpha value is -3.16. The lowest BCUT2D eigenvalue weighted by Crippen LogP contribution is -2.38. The number of sulfonamides is 1. The van der Waals surface area contributed by atoms with E-state index in [-0.39, 0.29) is 16.8 Å². The molecule has 0 atom stereocenters. The SMILES string of the molecule is CN(C1CCCCC1)S(=O)(=O)c1ccc(NC(=O)c2ccccc2OCCc2ccccc2)cc1. The molecule has 0 spiro atoms. The number of nitrogens with zero attached hydrogens (tertiary/aromatic N) is 1. The Balaban J connectivity index is 1.39. The molecule has 0 aliphatic heterocycles. The van der Waals surface area contributed by atoms with Crippen LogP contribution in [0.4, 0.5) is 5.69 Å². The summed E-state index contributed by atoms with van der Waals surface area (Å²) in [4.78, 5) is 13.2. The fraction of sp³-hybridized carbons (Fsp3) is 0.321. The van der Waals surface area contributed by atoms with Crippen molar-refractivity contribution in [1.29, 1.82) is 0 Å². The van der Waals surface area contributed by atoms with E-state index in [4.69, 9.17) is 4.74 Å². The number of hydrogen-bond donors (Lipinski definition) is 1. The van der Waals surface area contributed by atoms with E-state index in [1.807, 2.05) is 36.4 Å². The van der Waals surface area contributed by atoms with Crippen molar-refractivity contribution in [2.75, 3.05) is 19.0 Å². The van der Waals surface area contributed by atoms with Crippen LogP contribution in [0.1, 0.15) is 48.0 Å². The number of rotatable bonds is 9. The average molecular weight is 493 g/mol. The molecule has 0 aromatic heterocycles. The van der Waals surface area contributed by atoms with Crippen LogP contribution in [0, 0.1) is 0 Å². The topological polar surface area (TPSA) is 75.7 Å². The third kappa shape index (κ3) is 6.29. The normalized spacial score (nSPS) is 14.6. The molecule has 3 aromatic rings. The summed E-state index contributed by atoms with van der Waals surface area (Å²) in [5.74, 6) is 0.199. The summed E-state index contributed by atoms with van der Waals surface area (Å²) in [6.07, 6.45) is 5.83. The van der Waals surface area contributed by atoms with Crippen molar-refractivity contribution in [3.63, 3.8) is 0 Å². The fourth-order valence-electron chi connectivity index (χ4n) is 4.42. The summed E-state index contributed by atoms with van der Waals surface area (Å²) in [7, 11) is -1.91. The lowest BCUT2D eigenvalue weighted by atomic mass is 9.96. The highest BCUT2D eigenvalue weighted by molar-refractivity contribution is 7.89. The first-order valence-electron chi connectivity index (χ1n) is 12.1. The minimum atomic E-state index is -3.58. The summed E-state index contributed by atoms with van der Waals surface area (Å²) in [5, 5.41) is 2.85. The smallest absolute Gasteiger partial charge is 0.259 e. The van der Waals surface area contributed by atoms with Crippen molar-refractivity contribution >= 4 is 21.6 Å². The first-order chi connectivity index (χ1) is 16.9. The molecule has 0 heterocycles. The van der Waals surface area contributed by atoms with Gasteiger partial charge < -0.3 is 10.1 Å². The van der Waals surface area contributed by atoms with Crippen LogP contribution in [0.15, 0.2) is 83.8 Å². The summed E-state index contributed by atoms with van der Waals surface area (Å²) in [6.45, 7) is 0.454. The standard InChI is InChI=1S/C28H32N2O4S/c1-30(24-12-6-3-7-13-24)35(32,33)25-18-16-23(17-19-25)29-28(31)26-14-8-9-15-27(26)34-21-20-22-10-4-2-5-11-22/h2,4-5,8-11,14-19,24H,3,6-7,12-13,20-21H2,1H3,(H,29,31). The van der Waals surface area contributed by atoms with Crippen LogP contribution in [0.5, 0.6) is 5.75 Å². The molecule has 0 bridgehead atoms. The molecule has 1 aliphatic rings. The van der Waals surface area contributed by atoms with Crippen molar-refractivity contribution in [1.82, 2.24) is 4.31 Å². The van der Waals surface area contributed by atoms with E-state index in [2.05, 4.69) is 5.32 Å². The van der Waals surface area contributed by atoms with Crippen molar-refractivity contribution < 1.29 is 17.9 Å². The maximum atomic E-state index is 13.1. The van der Waals surface area contributed by atoms with Crippen LogP contribution in [0.25, 0.3) is 0 Å². The number of hydrogen-bond acceptors (Lipinski definition) is 4. The molecule has 3 aromatic carbocycles. The molecule has 1 amide bonds. The van der Waals surface area contributed by atoms with Gasteiger partial charge in [-0.05, 0) is 54.8 Å². The van der Waals surface area contributed by atoms with Gasteiger partial charge in [0.1, 0.15) is 5.75 Å². The highest BCUT2D eigenvalue weighted by Gasteiger charge is 2.29. The molecular weight excluding hydrogens is 460 g/mol. The average Bonchev–Trinajstić information content (AvgIpc) is 2.90. The first kappa shape index (κ1) is 24.9. The molecule has 0 radical (unpaired) electrons. The van der Waals surface area contributed by atoms with Gasteiger partial charge in [0.25, 0.3) is 5.91 Å². The van der Waals surface area contributed by atoms with Crippen LogP contribution < -0.4 is 10.1 Å². The molecule has 184 valence electrons. The van der Waals surface area contributed by atoms with Crippen LogP contribution >= 0.6 is 0 Å². The Morgan fingerprint density at radius 1 is 0.914 bits per heavy atom. The maximum Gasteiger partial charge on any atom is 0.259 e. The highest BCUT2D eigenvalue weighted by Crippen LogP contribution is 2.27. The molecule has 7 heteroatoms. The molecular formula is C28H32N2O4S. The van der Waals surface area contributed by atoms with E-state index < -0.39 is 10.0 Å². The lowest BCUT2D eigenvalue weighted by Gasteiger charge is -2.30. The van der Waals surface area contributed by atoms with Crippen molar-refractivity contribution in [2.24, 2.45) is 0 Å². The number of carbonyl (C=O) groups is 1. The Morgan fingerprint density at radius 2 is 1.57 bits per heavy atom. The van der Waals surface area contributed by atoms with Crippen LogP contribution in [0.3, 0.4) is 0 Å². The number of benzene rings is 3. The lowest BCUT2D eigenvalue weighted by molar-refractivity contribution is 0.102. The number of anilines is 1. The molecule has 4 rings (SSSR count). The van der Waals surface area contributed by atoms with E-state index in [1.165, 1.54) is 16.3 Å². The number of ether oxygens (including phenoxy) is 1. The van der Waals surface area contributed by atoms with Gasteiger partial charge in [-0.3, -0.25) is 4.79 Å². The minimum Gasteiger partial charge on any atom is -0.492 e. The Labute approximate surface area is 208 Å². The number of nitrogens with one attached hydrogen (secondary N) is 1. The number of carbonyl (C=O) groups excluding carboxylic acids is 1. The van der Waals surface area contributed by atoms with Gasteiger partial charge in [0.05, 0.1) is 17.1 Å². The van der Waals surface area contributed by atoms with Gasteiger partial charge in [-0.25, -0.2) is 8.42 Å². The van der Waals surface area contributed by atoms with E-state index >= 15 is 0 Å². The molecule has 0 saturated heterocycles. The van der Waals surface area contributed by atoms with Crippen molar-refractivity contribution in [3.05, 3.63) is 90.0 Å². The molecule has 1 aliphatic carbocycles. The van der Waals surface area contributed by atoms with Gasteiger partial charge in [0.2, 0.25) is 10.0 Å². The molecule has 1 N–H and O–H groups in total. The van der Waals surface area contributed by atoms with Gasteiger partial charge in [-0.15, -0.1) is 0 Å². The van der Waals surface area contributed by atoms with Crippen molar-refractivity contribution in [2.45, 2.75) is 49.5 Å². The number of amides is 1. The molecule has 1 fully saturated rings. The molecule has 6 nitrogen and oxygen atoms in total. The van der Waals surface area contributed by atoms with Gasteiger partial charge in [-0.1, -0.05) is 61.7 Å². The second kappa shape index (κ2) is 11.5. The van der Waals surface area contributed by atoms with E-state index in [0.29, 0.717) is 23.6 Å². The Bertz CT molecular complexity index is 1220. The summed E-state index contributed by atoms with van der Waals surface area (Å²) >= 11 is 0. The second-order valence-corrected chi connectivity index (χ2v) is 10.9. The zero-order valence-corrected chi connectivity index (χ0v) is 20.8. The van der Waals surface area contributed by atoms with E-state index in [1.54, 1.807) is 49.5 Å². The predicted octanol–water partition coefficient (Wildman–Crippen LogP) is 5.51. The summed E-state index contributed by atoms with van der Waals surface area (Å²) in [5.41, 5.74) is 2.11. The summed E-state index contributed by atoms with van der Waals surface area (Å²) < 4.78 is 33.5. The highest BCUT2D eigenvalue weighted by atomic mass is 32.2. The third-order valence-electron chi connectivity index (χ3n) is 6.50. The zero-order chi connectivity index (χ0) is 24.7. The third-order valence-corrected chi connectivity index (χ3v) is 8.43. The Kier molecular flexibility index (Phi) is 8.21. The fourth-order valence-corrected chi connectivity index (χ4v) is 5.84. The van der Waals surface area contributed by atoms with Gasteiger partial charge in [0.15, 0.2) is 0 Å². The molecule has 1 saturated carbocycles.